The lowest BCUT2D eigenvalue weighted by molar-refractivity contribution is -0.145. The predicted molar refractivity (Wildman–Crippen MR) is 85.0 cm³/mol. The minimum Gasteiger partial charge on any atom is -0.497 e. The van der Waals surface area contributed by atoms with E-state index in [9.17, 15) is 9.59 Å². The molecule has 0 spiro atoms. The van der Waals surface area contributed by atoms with Crippen molar-refractivity contribution >= 4 is 22.9 Å². The Morgan fingerprint density at radius 3 is 3.00 bits per heavy atom. The second kappa shape index (κ2) is 6.88. The van der Waals surface area contributed by atoms with E-state index in [1.54, 1.807) is 12.0 Å². The molecule has 0 unspecified atom stereocenters. The number of carbonyl (C=O) groups excluding carboxylic acids is 1. The van der Waals surface area contributed by atoms with Crippen molar-refractivity contribution in [2.45, 2.75) is 12.3 Å². The van der Waals surface area contributed by atoms with Gasteiger partial charge in [0.15, 0.2) is 0 Å². The number of aliphatic carboxylic acids is 1. The second-order valence-corrected chi connectivity index (χ2v) is 5.72. The van der Waals surface area contributed by atoms with E-state index < -0.39 is 12.6 Å². The van der Waals surface area contributed by atoms with Crippen LogP contribution in [0.1, 0.15) is 18.2 Å². The fourth-order valence-electron chi connectivity index (χ4n) is 2.86. The zero-order valence-electron chi connectivity index (χ0n) is 13.3. The molecule has 1 aromatic carbocycles. The van der Waals surface area contributed by atoms with E-state index >= 15 is 0 Å². The van der Waals surface area contributed by atoms with Crippen LogP contribution in [0.15, 0.2) is 18.2 Å². The molecule has 8 heteroatoms. The standard InChI is InChI=1S/C16H19N3O5/c1-23-11-2-3-12-13(6-11)18-16(17-12)10-4-5-19(7-10)14(20)8-24-9-15(21)22/h2-3,6,10H,4-5,7-9H2,1H3,(H,17,18)(H,21,22)/t10-/m0/s1. The van der Waals surface area contributed by atoms with Crippen LogP contribution < -0.4 is 4.74 Å². The van der Waals surface area contributed by atoms with E-state index in [0.717, 1.165) is 29.0 Å². The quantitative estimate of drug-likeness (QED) is 0.817. The van der Waals surface area contributed by atoms with Gasteiger partial charge < -0.3 is 24.5 Å². The number of carboxylic acids is 1. The molecule has 1 aliphatic rings. The summed E-state index contributed by atoms with van der Waals surface area (Å²) < 4.78 is 10.1. The third-order valence-electron chi connectivity index (χ3n) is 4.09. The first-order valence-corrected chi connectivity index (χ1v) is 7.68. The Hall–Kier alpha value is -2.61. The van der Waals surface area contributed by atoms with Crippen molar-refractivity contribution in [2.24, 2.45) is 0 Å². The number of hydrogen-bond acceptors (Lipinski definition) is 5. The Labute approximate surface area is 138 Å². The van der Waals surface area contributed by atoms with Crippen molar-refractivity contribution in [1.82, 2.24) is 14.9 Å². The molecule has 8 nitrogen and oxygen atoms in total. The van der Waals surface area contributed by atoms with Crippen LogP contribution in [0, 0.1) is 0 Å². The Morgan fingerprint density at radius 2 is 2.25 bits per heavy atom. The third kappa shape index (κ3) is 3.48. The smallest absolute Gasteiger partial charge is 0.329 e. The Morgan fingerprint density at radius 1 is 1.42 bits per heavy atom. The summed E-state index contributed by atoms with van der Waals surface area (Å²) in [4.78, 5) is 32.0. The Kier molecular flexibility index (Phi) is 4.66. The second-order valence-electron chi connectivity index (χ2n) is 5.72. The highest BCUT2D eigenvalue weighted by atomic mass is 16.5. The first-order chi connectivity index (χ1) is 11.6. The molecular weight excluding hydrogens is 314 g/mol. The monoisotopic (exact) mass is 333 g/mol. The molecule has 128 valence electrons. The Balaban J connectivity index is 1.62. The number of ether oxygens (including phenoxy) is 2. The number of methoxy groups -OCH3 is 1. The summed E-state index contributed by atoms with van der Waals surface area (Å²) in [5.41, 5.74) is 1.76. The normalized spacial score (nSPS) is 17.4. The maximum absolute atomic E-state index is 12.0. The number of benzene rings is 1. The van der Waals surface area contributed by atoms with E-state index in [2.05, 4.69) is 9.97 Å². The number of H-pyrrole nitrogens is 1. The van der Waals surface area contributed by atoms with E-state index in [4.69, 9.17) is 14.6 Å². The van der Waals surface area contributed by atoms with Crippen LogP contribution in [0.25, 0.3) is 11.0 Å². The number of amides is 1. The van der Waals surface area contributed by atoms with Crippen LogP contribution in [-0.4, -0.2) is 65.3 Å². The number of imidazole rings is 1. The highest BCUT2D eigenvalue weighted by Crippen LogP contribution is 2.28. The lowest BCUT2D eigenvalue weighted by Crippen LogP contribution is -2.32. The van der Waals surface area contributed by atoms with Gasteiger partial charge in [-0.25, -0.2) is 9.78 Å². The third-order valence-corrected chi connectivity index (χ3v) is 4.09. The number of fused-ring (bicyclic) bond motifs is 1. The van der Waals surface area contributed by atoms with Gasteiger partial charge >= 0.3 is 5.97 Å². The lowest BCUT2D eigenvalue weighted by Gasteiger charge is -2.15. The molecule has 1 aromatic heterocycles. The fraction of sp³-hybridized carbons (Fsp3) is 0.438. The van der Waals surface area contributed by atoms with Gasteiger partial charge in [-0.15, -0.1) is 0 Å². The maximum atomic E-state index is 12.0. The number of carbonyl (C=O) groups is 2. The van der Waals surface area contributed by atoms with E-state index in [0.29, 0.717) is 13.1 Å². The molecule has 2 N–H and O–H groups in total. The molecular formula is C16H19N3O5. The van der Waals surface area contributed by atoms with E-state index in [1.165, 1.54) is 0 Å². The van der Waals surface area contributed by atoms with Gasteiger partial charge in [0.2, 0.25) is 5.91 Å². The van der Waals surface area contributed by atoms with Crippen molar-refractivity contribution in [2.75, 3.05) is 33.4 Å². The van der Waals surface area contributed by atoms with Crippen molar-refractivity contribution < 1.29 is 24.2 Å². The summed E-state index contributed by atoms with van der Waals surface area (Å²) in [6, 6.07) is 5.65. The van der Waals surface area contributed by atoms with Crippen LogP contribution >= 0.6 is 0 Å². The van der Waals surface area contributed by atoms with Gasteiger partial charge in [-0.05, 0) is 18.6 Å². The number of nitrogens with one attached hydrogen (secondary N) is 1. The summed E-state index contributed by atoms with van der Waals surface area (Å²) in [5, 5.41) is 8.52. The molecule has 0 bridgehead atoms. The highest BCUT2D eigenvalue weighted by Gasteiger charge is 2.29. The topological polar surface area (TPSA) is 105 Å². The first kappa shape index (κ1) is 16.3. The van der Waals surface area contributed by atoms with Gasteiger partial charge in [-0.2, -0.15) is 0 Å². The van der Waals surface area contributed by atoms with Crippen molar-refractivity contribution in [3.63, 3.8) is 0 Å². The van der Waals surface area contributed by atoms with Crippen LogP contribution in [-0.2, 0) is 14.3 Å². The maximum Gasteiger partial charge on any atom is 0.329 e. The highest BCUT2D eigenvalue weighted by molar-refractivity contribution is 5.79. The summed E-state index contributed by atoms with van der Waals surface area (Å²) in [7, 11) is 1.62. The fourth-order valence-corrected chi connectivity index (χ4v) is 2.86. The average Bonchev–Trinajstić information content (AvgIpc) is 3.20. The molecule has 24 heavy (non-hydrogen) atoms. The average molecular weight is 333 g/mol. The molecule has 1 saturated heterocycles. The van der Waals surface area contributed by atoms with Crippen LogP contribution in [0.2, 0.25) is 0 Å². The zero-order valence-corrected chi connectivity index (χ0v) is 13.3. The molecule has 0 radical (unpaired) electrons. The summed E-state index contributed by atoms with van der Waals surface area (Å²) in [6.45, 7) is 0.483. The largest absolute Gasteiger partial charge is 0.497 e. The molecule has 3 rings (SSSR count). The molecule has 1 fully saturated rings. The molecule has 1 aliphatic heterocycles. The molecule has 2 aromatic rings. The van der Waals surface area contributed by atoms with Crippen molar-refractivity contribution in [3.8, 4) is 5.75 Å². The van der Waals surface area contributed by atoms with Gasteiger partial charge in [0, 0.05) is 25.1 Å². The van der Waals surface area contributed by atoms with Gasteiger partial charge in [0.1, 0.15) is 24.8 Å². The number of aromatic nitrogens is 2. The molecule has 0 aliphatic carbocycles. The number of likely N-dealkylation sites (tertiary alicyclic amines) is 1. The molecule has 0 saturated carbocycles. The van der Waals surface area contributed by atoms with Crippen molar-refractivity contribution in [1.29, 1.82) is 0 Å². The van der Waals surface area contributed by atoms with Gasteiger partial charge in [-0.3, -0.25) is 4.79 Å². The number of carboxylic acid groups (broad SMARTS) is 1. The van der Waals surface area contributed by atoms with Crippen molar-refractivity contribution in [3.05, 3.63) is 24.0 Å². The molecule has 1 atom stereocenters. The van der Waals surface area contributed by atoms with Crippen LogP contribution in [0.3, 0.4) is 0 Å². The predicted octanol–water partition coefficient (Wildman–Crippen LogP) is 0.989. The minimum atomic E-state index is -1.08. The van der Waals surface area contributed by atoms with Gasteiger partial charge in [0.25, 0.3) is 0 Å². The van der Waals surface area contributed by atoms with E-state index in [-0.39, 0.29) is 18.4 Å². The number of rotatable bonds is 6. The van der Waals surface area contributed by atoms with Gasteiger partial charge in [-0.1, -0.05) is 0 Å². The van der Waals surface area contributed by atoms with E-state index in [1.807, 2.05) is 18.2 Å². The zero-order chi connectivity index (χ0) is 17.1. The van der Waals surface area contributed by atoms with Crippen LogP contribution in [0.5, 0.6) is 5.75 Å². The van der Waals surface area contributed by atoms with Crippen LogP contribution in [0.4, 0.5) is 0 Å². The summed E-state index contributed by atoms with van der Waals surface area (Å²) in [6.07, 6.45) is 0.807. The Bertz CT molecular complexity index is 757. The lowest BCUT2D eigenvalue weighted by atomic mass is 10.1. The summed E-state index contributed by atoms with van der Waals surface area (Å²) >= 11 is 0. The number of nitrogens with zero attached hydrogens (tertiary/aromatic N) is 2. The molecule has 2 heterocycles. The first-order valence-electron chi connectivity index (χ1n) is 7.68. The SMILES string of the molecule is COc1ccc2nc([C@H]3CCN(C(=O)COCC(=O)O)C3)[nH]c2c1. The number of hydrogen-bond donors (Lipinski definition) is 2. The van der Waals surface area contributed by atoms with Gasteiger partial charge in [0.05, 0.1) is 18.1 Å². The number of aromatic amines is 1. The minimum absolute atomic E-state index is 0.131. The summed E-state index contributed by atoms with van der Waals surface area (Å²) in [5.74, 6) is 0.458. The molecule has 1 amide bonds.